The number of likely N-dealkylation sites (tertiary alicyclic amines) is 1. The molecule has 0 amide bonds. The molecular formula is C12H14N4O4. The molecule has 1 aromatic rings. The first-order valence-electron chi connectivity index (χ1n) is 6.32. The summed E-state index contributed by atoms with van der Waals surface area (Å²) in [5.74, 6) is 0. The number of nitrogens with zero attached hydrogens (tertiary/aromatic N) is 4. The van der Waals surface area contributed by atoms with Gasteiger partial charge in [-0.05, 0) is 18.7 Å². The molecule has 2 aliphatic rings. The van der Waals surface area contributed by atoms with Crippen molar-refractivity contribution in [1.82, 2.24) is 9.88 Å². The van der Waals surface area contributed by atoms with Gasteiger partial charge in [0.2, 0.25) is 5.54 Å². The minimum atomic E-state index is -1.48. The fraction of sp³-hybridized carbons (Fsp3) is 0.583. The number of hydrogen-bond donors (Lipinski definition) is 0. The van der Waals surface area contributed by atoms with Gasteiger partial charge in [-0.3, -0.25) is 30.1 Å². The summed E-state index contributed by atoms with van der Waals surface area (Å²) in [7, 11) is 1.68. The highest BCUT2D eigenvalue weighted by atomic mass is 16.6. The van der Waals surface area contributed by atoms with Crippen molar-refractivity contribution in [1.29, 1.82) is 0 Å². The first-order chi connectivity index (χ1) is 9.40. The zero-order chi connectivity index (χ0) is 14.5. The van der Waals surface area contributed by atoms with Gasteiger partial charge in [0.05, 0.1) is 19.5 Å². The van der Waals surface area contributed by atoms with Gasteiger partial charge in [0.25, 0.3) is 5.54 Å². The van der Waals surface area contributed by atoms with Gasteiger partial charge in [-0.2, -0.15) is 0 Å². The van der Waals surface area contributed by atoms with E-state index in [0.29, 0.717) is 11.3 Å². The highest BCUT2D eigenvalue weighted by Crippen LogP contribution is 2.46. The average Bonchev–Trinajstić information content (AvgIpc) is 2.37. The van der Waals surface area contributed by atoms with Crippen LogP contribution in [0.15, 0.2) is 18.3 Å². The summed E-state index contributed by atoms with van der Waals surface area (Å²) in [6.45, 7) is 0.378. The molecule has 2 bridgehead atoms. The Kier molecular flexibility index (Phi) is 2.55. The molecule has 8 nitrogen and oxygen atoms in total. The van der Waals surface area contributed by atoms with E-state index in [4.69, 9.17) is 0 Å². The SMILES string of the molecule is CN1CC2([N+](=O)[O-])Cc3cccnc3C([N+](=O)[O-])(C1)C2. The highest BCUT2D eigenvalue weighted by Gasteiger charge is 2.66. The number of pyridine rings is 1. The maximum atomic E-state index is 11.7. The maximum absolute atomic E-state index is 11.7. The molecule has 106 valence electrons. The lowest BCUT2D eigenvalue weighted by Gasteiger charge is -2.45. The molecule has 1 aromatic heterocycles. The van der Waals surface area contributed by atoms with Crippen LogP contribution in [0.25, 0.3) is 0 Å². The molecule has 0 saturated carbocycles. The van der Waals surface area contributed by atoms with E-state index in [-0.39, 0.29) is 30.9 Å². The Labute approximate surface area is 114 Å². The van der Waals surface area contributed by atoms with Gasteiger partial charge >= 0.3 is 0 Å². The quantitative estimate of drug-likeness (QED) is 0.575. The topological polar surface area (TPSA) is 102 Å². The van der Waals surface area contributed by atoms with Gasteiger partial charge in [0.1, 0.15) is 5.69 Å². The highest BCUT2D eigenvalue weighted by molar-refractivity contribution is 5.33. The number of fused-ring (bicyclic) bond motifs is 4. The summed E-state index contributed by atoms with van der Waals surface area (Å²) >= 11 is 0. The van der Waals surface area contributed by atoms with E-state index in [0.717, 1.165) is 0 Å². The standard InChI is InChI=1S/C12H14N4O4/c1-14-7-11(15(17)18)5-9-3-2-4-13-10(9)12(6-11,8-14)16(19)20/h2-4H,5-8H2,1H3. The second kappa shape index (κ2) is 3.95. The molecule has 0 spiro atoms. The molecule has 1 saturated heterocycles. The number of likely N-dealkylation sites (N-methyl/N-ethyl adjacent to an activating group) is 1. The molecule has 2 heterocycles. The van der Waals surface area contributed by atoms with Crippen molar-refractivity contribution >= 4 is 0 Å². The normalized spacial score (nSPS) is 32.5. The van der Waals surface area contributed by atoms with Crippen molar-refractivity contribution in [2.45, 2.75) is 23.9 Å². The Hall–Kier alpha value is -2.09. The first-order valence-corrected chi connectivity index (χ1v) is 6.32. The van der Waals surface area contributed by atoms with Gasteiger partial charge < -0.3 is 0 Å². The minimum Gasteiger partial charge on any atom is -0.292 e. The fourth-order valence-electron chi connectivity index (χ4n) is 3.69. The zero-order valence-corrected chi connectivity index (χ0v) is 11.0. The summed E-state index contributed by atoms with van der Waals surface area (Å²) in [4.78, 5) is 28.3. The summed E-state index contributed by atoms with van der Waals surface area (Å²) in [5.41, 5.74) is -1.76. The lowest BCUT2D eigenvalue weighted by atomic mass is 9.67. The van der Waals surface area contributed by atoms with E-state index in [9.17, 15) is 20.2 Å². The Morgan fingerprint density at radius 3 is 2.70 bits per heavy atom. The second-order valence-electron chi connectivity index (χ2n) is 5.81. The molecule has 0 aromatic carbocycles. The van der Waals surface area contributed by atoms with Gasteiger partial charge in [0, 0.05) is 22.5 Å². The molecule has 3 rings (SSSR count). The largest absolute Gasteiger partial charge is 0.292 e. The van der Waals surface area contributed by atoms with Crippen LogP contribution in [0.2, 0.25) is 0 Å². The average molecular weight is 278 g/mol. The number of rotatable bonds is 2. The predicted molar refractivity (Wildman–Crippen MR) is 68.5 cm³/mol. The molecule has 1 fully saturated rings. The summed E-state index contributed by atoms with van der Waals surface area (Å²) in [6.07, 6.45) is 1.62. The van der Waals surface area contributed by atoms with Crippen LogP contribution in [0.4, 0.5) is 0 Å². The van der Waals surface area contributed by atoms with Crippen molar-refractivity contribution in [2.24, 2.45) is 0 Å². The van der Waals surface area contributed by atoms with Crippen LogP contribution in [-0.2, 0) is 12.0 Å². The Morgan fingerprint density at radius 1 is 1.30 bits per heavy atom. The third kappa shape index (κ3) is 1.54. The second-order valence-corrected chi connectivity index (χ2v) is 5.81. The van der Waals surface area contributed by atoms with Crippen molar-refractivity contribution in [3.8, 4) is 0 Å². The first kappa shape index (κ1) is 12.9. The minimum absolute atomic E-state index is 0.0889. The molecule has 2 unspecified atom stereocenters. The maximum Gasteiger partial charge on any atom is 0.283 e. The van der Waals surface area contributed by atoms with E-state index in [1.807, 2.05) is 0 Å². The van der Waals surface area contributed by atoms with E-state index in [1.165, 1.54) is 6.20 Å². The Balaban J connectivity index is 2.25. The zero-order valence-electron chi connectivity index (χ0n) is 11.0. The molecule has 8 heteroatoms. The van der Waals surface area contributed by atoms with Gasteiger partial charge in [-0.15, -0.1) is 0 Å². The van der Waals surface area contributed by atoms with E-state index < -0.39 is 16.0 Å². The van der Waals surface area contributed by atoms with Crippen molar-refractivity contribution in [3.05, 3.63) is 49.8 Å². The van der Waals surface area contributed by atoms with E-state index in [1.54, 1.807) is 24.1 Å². The van der Waals surface area contributed by atoms with Crippen LogP contribution >= 0.6 is 0 Å². The van der Waals surface area contributed by atoms with Gasteiger partial charge in [-0.25, -0.2) is 0 Å². The summed E-state index contributed by atoms with van der Waals surface area (Å²) in [5, 5.41) is 23.2. The monoisotopic (exact) mass is 278 g/mol. The Bertz CT molecular complexity index is 607. The van der Waals surface area contributed by atoms with Crippen molar-refractivity contribution in [2.75, 3.05) is 20.1 Å². The summed E-state index contributed by atoms with van der Waals surface area (Å²) in [6, 6.07) is 3.38. The fourth-order valence-corrected chi connectivity index (χ4v) is 3.69. The Morgan fingerprint density at radius 2 is 2.05 bits per heavy atom. The van der Waals surface area contributed by atoms with Crippen molar-refractivity contribution < 1.29 is 9.85 Å². The summed E-state index contributed by atoms with van der Waals surface area (Å²) < 4.78 is 0. The smallest absolute Gasteiger partial charge is 0.283 e. The van der Waals surface area contributed by atoms with Crippen LogP contribution in [0.5, 0.6) is 0 Å². The number of hydrogen-bond acceptors (Lipinski definition) is 6. The van der Waals surface area contributed by atoms with Crippen LogP contribution in [0.3, 0.4) is 0 Å². The molecule has 2 atom stereocenters. The molecule has 0 N–H and O–H groups in total. The third-order valence-corrected chi connectivity index (χ3v) is 4.31. The number of nitro groups is 2. The van der Waals surface area contributed by atoms with Crippen LogP contribution in [-0.4, -0.2) is 45.4 Å². The molecule has 1 aliphatic heterocycles. The van der Waals surface area contributed by atoms with Crippen LogP contribution in [0, 0.1) is 20.2 Å². The predicted octanol–water partition coefficient (Wildman–Crippen LogP) is 0.461. The lowest BCUT2D eigenvalue weighted by Crippen LogP contribution is -2.66. The molecule has 0 radical (unpaired) electrons. The molecule has 20 heavy (non-hydrogen) atoms. The van der Waals surface area contributed by atoms with E-state index in [2.05, 4.69) is 4.98 Å². The third-order valence-electron chi connectivity index (χ3n) is 4.31. The van der Waals surface area contributed by atoms with Crippen LogP contribution < -0.4 is 0 Å². The van der Waals surface area contributed by atoms with Gasteiger partial charge in [-0.1, -0.05) is 6.07 Å². The number of piperidine rings is 1. The lowest BCUT2D eigenvalue weighted by molar-refractivity contribution is -0.635. The van der Waals surface area contributed by atoms with Crippen LogP contribution in [0.1, 0.15) is 17.7 Å². The number of aromatic nitrogens is 1. The van der Waals surface area contributed by atoms with Crippen molar-refractivity contribution in [3.63, 3.8) is 0 Å². The van der Waals surface area contributed by atoms with Gasteiger partial charge in [0.15, 0.2) is 0 Å². The molecule has 1 aliphatic carbocycles. The van der Waals surface area contributed by atoms with E-state index >= 15 is 0 Å². The molecular weight excluding hydrogens is 264 g/mol.